The van der Waals surface area contributed by atoms with Gasteiger partial charge in [-0.2, -0.15) is 0 Å². The Bertz CT molecular complexity index is 524. The summed E-state index contributed by atoms with van der Waals surface area (Å²) in [4.78, 5) is 1.05. The van der Waals surface area contributed by atoms with Crippen LogP contribution >= 0.6 is 0 Å². The van der Waals surface area contributed by atoms with Crippen molar-refractivity contribution in [3.05, 3.63) is 0 Å². The SMILES string of the molecule is CCCCCCCCCCCCCCCCCCC[NH+](CC(O)CO)CC(O)CO.COS(=O)(=O)[O-]. The first-order valence-electron chi connectivity index (χ1n) is 14.1. The normalized spacial score (nSPS) is 14.2. The van der Waals surface area contributed by atoms with Crippen LogP contribution < -0.4 is 4.90 Å². The van der Waals surface area contributed by atoms with E-state index in [1.807, 2.05) is 0 Å². The van der Waals surface area contributed by atoms with E-state index in [1.165, 1.54) is 103 Å². The highest BCUT2D eigenvalue weighted by Crippen LogP contribution is 2.13. The number of rotatable bonds is 25. The van der Waals surface area contributed by atoms with E-state index in [9.17, 15) is 23.2 Å². The van der Waals surface area contributed by atoms with E-state index in [2.05, 4.69) is 11.1 Å². The molecule has 0 spiro atoms. The Balaban J connectivity index is 0. The minimum atomic E-state index is -4.41. The average molecular weight is 544 g/mol. The Labute approximate surface area is 221 Å². The highest BCUT2D eigenvalue weighted by molar-refractivity contribution is 7.80. The Morgan fingerprint density at radius 1 is 0.667 bits per heavy atom. The summed E-state index contributed by atoms with van der Waals surface area (Å²) in [5.41, 5.74) is 0. The maximum absolute atomic E-state index is 9.64. The van der Waals surface area contributed by atoms with Gasteiger partial charge >= 0.3 is 0 Å². The van der Waals surface area contributed by atoms with Crippen molar-refractivity contribution in [1.82, 2.24) is 0 Å². The summed E-state index contributed by atoms with van der Waals surface area (Å²) in [7, 11) is -3.60. The van der Waals surface area contributed by atoms with Gasteiger partial charge in [0.25, 0.3) is 0 Å². The molecule has 0 rings (SSSR count). The summed E-state index contributed by atoms with van der Waals surface area (Å²) >= 11 is 0. The van der Waals surface area contributed by atoms with E-state index in [4.69, 9.17) is 10.2 Å². The smallest absolute Gasteiger partial charge is 0.217 e. The topological polar surface area (TPSA) is 152 Å². The van der Waals surface area contributed by atoms with Gasteiger partial charge in [-0.1, -0.05) is 103 Å². The van der Waals surface area contributed by atoms with Crippen molar-refractivity contribution in [3.63, 3.8) is 0 Å². The lowest BCUT2D eigenvalue weighted by Gasteiger charge is -2.23. The van der Waals surface area contributed by atoms with Crippen molar-refractivity contribution < 1.29 is 42.5 Å². The maximum atomic E-state index is 9.64. The predicted octanol–water partition coefficient (Wildman–Crippen LogP) is 2.32. The third-order valence-corrected chi connectivity index (χ3v) is 6.72. The molecule has 0 saturated heterocycles. The standard InChI is InChI=1S/C25H53NO4.CH4O4S/c1-2-3-4-5-6-7-8-9-10-11-12-13-14-15-16-17-18-19-26(20-24(29)22-27)21-25(30)23-28;1-5-6(2,3)4/h24-25,27-30H,2-23H2,1H3;1H3,(H,2,3,4). The van der Waals surface area contributed by atoms with Crippen LogP contribution in [0.4, 0.5) is 0 Å². The zero-order valence-electron chi connectivity index (χ0n) is 23.0. The van der Waals surface area contributed by atoms with E-state index < -0.39 is 22.6 Å². The number of nitrogens with one attached hydrogen (secondary N) is 1. The van der Waals surface area contributed by atoms with Crippen molar-refractivity contribution in [3.8, 4) is 0 Å². The van der Waals surface area contributed by atoms with Crippen LogP contribution in [0.15, 0.2) is 0 Å². The van der Waals surface area contributed by atoms with Crippen molar-refractivity contribution in [1.29, 1.82) is 0 Å². The number of unbranched alkanes of at least 4 members (excludes halogenated alkanes) is 16. The molecule has 2 unspecified atom stereocenters. The molecule has 36 heavy (non-hydrogen) atoms. The summed E-state index contributed by atoms with van der Waals surface area (Å²) in [6, 6.07) is 0. The summed E-state index contributed by atoms with van der Waals surface area (Å²) < 4.78 is 31.0. The highest BCUT2D eigenvalue weighted by atomic mass is 32.3. The first-order valence-corrected chi connectivity index (χ1v) is 15.5. The molecule has 0 aliphatic heterocycles. The molecule has 0 radical (unpaired) electrons. The van der Waals surface area contributed by atoms with Crippen molar-refractivity contribution in [2.24, 2.45) is 0 Å². The molecule has 0 aliphatic rings. The van der Waals surface area contributed by atoms with Crippen LogP contribution in [0.5, 0.6) is 0 Å². The molecule has 0 fully saturated rings. The van der Waals surface area contributed by atoms with E-state index >= 15 is 0 Å². The number of quaternary nitrogens is 1. The van der Waals surface area contributed by atoms with Crippen LogP contribution in [-0.4, -0.2) is 85.6 Å². The quantitative estimate of drug-likeness (QED) is 0.0668. The fourth-order valence-corrected chi connectivity index (χ4v) is 4.18. The van der Waals surface area contributed by atoms with Gasteiger partial charge in [0.05, 0.1) is 26.9 Å². The van der Waals surface area contributed by atoms with Crippen LogP contribution in [-0.2, 0) is 14.6 Å². The van der Waals surface area contributed by atoms with Gasteiger partial charge in [-0.25, -0.2) is 8.42 Å². The van der Waals surface area contributed by atoms with E-state index in [0.717, 1.165) is 25.0 Å². The molecule has 9 nitrogen and oxygen atoms in total. The summed E-state index contributed by atoms with van der Waals surface area (Å²) in [6.07, 6.45) is 21.5. The summed E-state index contributed by atoms with van der Waals surface area (Å²) in [5, 5.41) is 37.3. The van der Waals surface area contributed by atoms with Crippen molar-refractivity contribution in [2.45, 2.75) is 128 Å². The molecule has 0 aromatic rings. The number of hydrogen-bond donors (Lipinski definition) is 5. The lowest BCUT2D eigenvalue weighted by molar-refractivity contribution is -0.906. The predicted molar refractivity (Wildman–Crippen MR) is 143 cm³/mol. The maximum Gasteiger partial charge on any atom is 0.217 e. The molecular formula is C26H57NO8S. The molecule has 0 heterocycles. The summed E-state index contributed by atoms with van der Waals surface area (Å²) in [6.45, 7) is 3.48. The average Bonchev–Trinajstić information content (AvgIpc) is 2.85. The van der Waals surface area contributed by atoms with Crippen molar-refractivity contribution >= 4 is 10.4 Å². The lowest BCUT2D eigenvalue weighted by Crippen LogP contribution is -3.14. The minimum absolute atomic E-state index is 0.252. The van der Waals surface area contributed by atoms with Gasteiger partial charge in [-0.05, 0) is 12.8 Å². The van der Waals surface area contributed by atoms with Crippen LogP contribution in [0, 0.1) is 0 Å². The van der Waals surface area contributed by atoms with Crippen LogP contribution in [0.25, 0.3) is 0 Å². The molecule has 0 saturated carbocycles. The van der Waals surface area contributed by atoms with Crippen LogP contribution in [0.3, 0.4) is 0 Å². The Morgan fingerprint density at radius 3 is 1.19 bits per heavy atom. The molecule has 0 aliphatic carbocycles. The number of aliphatic hydroxyl groups is 4. The van der Waals surface area contributed by atoms with E-state index in [1.54, 1.807) is 0 Å². The molecule has 0 aromatic carbocycles. The largest absolute Gasteiger partial charge is 0.726 e. The van der Waals surface area contributed by atoms with E-state index in [-0.39, 0.29) is 13.2 Å². The van der Waals surface area contributed by atoms with Gasteiger partial charge in [-0.15, -0.1) is 0 Å². The van der Waals surface area contributed by atoms with E-state index in [0.29, 0.717) is 13.1 Å². The third kappa shape index (κ3) is 31.7. The first-order chi connectivity index (χ1) is 17.2. The van der Waals surface area contributed by atoms with Gasteiger partial charge in [0.2, 0.25) is 10.4 Å². The molecule has 0 aromatic heterocycles. The Kier molecular flexibility index (Phi) is 29.1. The molecular weight excluding hydrogens is 486 g/mol. The lowest BCUT2D eigenvalue weighted by atomic mass is 10.0. The van der Waals surface area contributed by atoms with Crippen LogP contribution in [0.2, 0.25) is 0 Å². The molecule has 0 bridgehead atoms. The second-order valence-electron chi connectivity index (χ2n) is 9.81. The Morgan fingerprint density at radius 2 is 0.944 bits per heavy atom. The first kappa shape index (κ1) is 37.8. The van der Waals surface area contributed by atoms with Crippen molar-refractivity contribution in [2.75, 3.05) is 40.0 Å². The minimum Gasteiger partial charge on any atom is -0.726 e. The molecule has 5 N–H and O–H groups in total. The molecule has 0 amide bonds. The zero-order chi connectivity index (χ0) is 27.5. The monoisotopic (exact) mass is 543 g/mol. The molecule has 10 heteroatoms. The second kappa shape index (κ2) is 27.7. The highest BCUT2D eigenvalue weighted by Gasteiger charge is 2.17. The fourth-order valence-electron chi connectivity index (χ4n) is 4.18. The van der Waals surface area contributed by atoms with Crippen LogP contribution in [0.1, 0.15) is 116 Å². The molecule has 2 atom stereocenters. The van der Waals surface area contributed by atoms with Gasteiger partial charge in [0.1, 0.15) is 25.3 Å². The third-order valence-electron chi connectivity index (χ3n) is 6.31. The van der Waals surface area contributed by atoms with Gasteiger partial charge < -0.3 is 29.9 Å². The fraction of sp³-hybridized carbons (Fsp3) is 1.00. The van der Waals surface area contributed by atoms with Gasteiger partial charge in [0, 0.05) is 0 Å². The summed E-state index contributed by atoms with van der Waals surface area (Å²) in [5.74, 6) is 0. The Hall–Kier alpha value is -0.330. The zero-order valence-corrected chi connectivity index (χ0v) is 23.9. The number of aliphatic hydroxyl groups excluding tert-OH is 4. The van der Waals surface area contributed by atoms with Gasteiger partial charge in [-0.3, -0.25) is 4.18 Å². The molecule has 220 valence electrons. The second-order valence-corrected chi connectivity index (χ2v) is 11.0. The number of hydrogen-bond acceptors (Lipinski definition) is 8. The van der Waals surface area contributed by atoms with Gasteiger partial charge in [0.15, 0.2) is 0 Å².